The Balaban J connectivity index is 2.29. The highest BCUT2D eigenvalue weighted by molar-refractivity contribution is 7.11. The monoisotopic (exact) mass is 213 g/mol. The predicted molar refractivity (Wildman–Crippen MR) is 51.4 cm³/mol. The fourth-order valence-corrected chi connectivity index (χ4v) is 2.67. The maximum atomic E-state index is 10.7. The molecule has 1 unspecified atom stereocenters. The molecule has 1 heterocycles. The number of carboxylic acid groups (broad SMARTS) is 1. The summed E-state index contributed by atoms with van der Waals surface area (Å²) in [6, 6.07) is 0. The van der Waals surface area contributed by atoms with Gasteiger partial charge in [0.05, 0.1) is 5.01 Å². The van der Waals surface area contributed by atoms with Gasteiger partial charge < -0.3 is 10.2 Å². The molecule has 1 aliphatic carbocycles. The predicted octanol–water partition coefficient (Wildman–Crippen LogP) is 0.929. The van der Waals surface area contributed by atoms with E-state index in [2.05, 4.69) is 4.98 Å². The minimum Gasteiger partial charge on any atom is -0.479 e. The SMILES string of the molecule is Cc1ncc(C2(C(O)C(=O)O)CC2)s1. The molecule has 1 aliphatic rings. The van der Waals surface area contributed by atoms with Crippen LogP contribution in [0.15, 0.2) is 6.20 Å². The lowest BCUT2D eigenvalue weighted by molar-refractivity contribution is -0.148. The van der Waals surface area contributed by atoms with E-state index in [4.69, 9.17) is 5.11 Å². The second-order valence-corrected chi connectivity index (χ2v) is 4.88. The van der Waals surface area contributed by atoms with Gasteiger partial charge in [-0.05, 0) is 19.8 Å². The molecule has 0 amide bonds. The summed E-state index contributed by atoms with van der Waals surface area (Å²) >= 11 is 1.47. The average Bonchev–Trinajstić information content (AvgIpc) is 2.83. The van der Waals surface area contributed by atoms with Crippen LogP contribution in [0.4, 0.5) is 0 Å². The Bertz CT molecular complexity index is 370. The van der Waals surface area contributed by atoms with Crippen molar-refractivity contribution in [3.8, 4) is 0 Å². The van der Waals surface area contributed by atoms with E-state index < -0.39 is 17.5 Å². The third-order valence-corrected chi connectivity index (χ3v) is 3.79. The zero-order chi connectivity index (χ0) is 10.3. The molecular formula is C9H11NO3S. The second kappa shape index (κ2) is 3.03. The number of aryl methyl sites for hydroxylation is 1. The van der Waals surface area contributed by atoms with Gasteiger partial charge in [0, 0.05) is 16.5 Å². The standard InChI is InChI=1S/C9H11NO3S/c1-5-10-4-6(14-5)9(2-3-9)7(11)8(12)13/h4,7,11H,2-3H2,1H3,(H,12,13). The first-order valence-corrected chi connectivity index (χ1v) is 5.22. The van der Waals surface area contributed by atoms with Gasteiger partial charge in [-0.1, -0.05) is 0 Å². The molecule has 1 atom stereocenters. The maximum absolute atomic E-state index is 10.7. The number of aliphatic hydroxyl groups is 1. The molecule has 0 aliphatic heterocycles. The molecule has 2 N–H and O–H groups in total. The number of hydrogen-bond donors (Lipinski definition) is 2. The first-order valence-electron chi connectivity index (χ1n) is 4.40. The Hall–Kier alpha value is -0.940. The van der Waals surface area contributed by atoms with E-state index in [9.17, 15) is 9.90 Å². The van der Waals surface area contributed by atoms with Crippen LogP contribution in [0.1, 0.15) is 22.7 Å². The molecule has 1 aromatic rings. The Morgan fingerprint density at radius 1 is 1.71 bits per heavy atom. The highest BCUT2D eigenvalue weighted by atomic mass is 32.1. The van der Waals surface area contributed by atoms with Crippen LogP contribution in [0, 0.1) is 6.92 Å². The topological polar surface area (TPSA) is 70.4 Å². The van der Waals surface area contributed by atoms with Crippen LogP contribution in [0.2, 0.25) is 0 Å². The van der Waals surface area contributed by atoms with Crippen molar-refractivity contribution in [1.29, 1.82) is 0 Å². The summed E-state index contributed by atoms with van der Waals surface area (Å²) in [4.78, 5) is 15.7. The summed E-state index contributed by atoms with van der Waals surface area (Å²) in [7, 11) is 0. The number of carboxylic acids is 1. The van der Waals surface area contributed by atoms with E-state index in [1.54, 1.807) is 6.20 Å². The lowest BCUT2D eigenvalue weighted by Crippen LogP contribution is -2.33. The summed E-state index contributed by atoms with van der Waals surface area (Å²) in [6.45, 7) is 1.87. The Morgan fingerprint density at radius 2 is 2.36 bits per heavy atom. The number of thiazole rings is 1. The highest BCUT2D eigenvalue weighted by Gasteiger charge is 2.54. The number of hydrogen-bond acceptors (Lipinski definition) is 4. The average molecular weight is 213 g/mol. The molecule has 1 saturated carbocycles. The first-order chi connectivity index (χ1) is 6.56. The molecule has 0 bridgehead atoms. The van der Waals surface area contributed by atoms with Gasteiger partial charge in [-0.15, -0.1) is 11.3 Å². The van der Waals surface area contributed by atoms with Gasteiger partial charge >= 0.3 is 5.97 Å². The fraction of sp³-hybridized carbons (Fsp3) is 0.556. The molecule has 14 heavy (non-hydrogen) atoms. The third-order valence-electron chi connectivity index (χ3n) is 2.66. The third kappa shape index (κ3) is 1.33. The minimum absolute atomic E-state index is 0.544. The number of rotatable bonds is 3. The molecule has 1 aromatic heterocycles. The molecule has 0 spiro atoms. The molecule has 76 valence electrons. The number of aliphatic hydroxyl groups excluding tert-OH is 1. The van der Waals surface area contributed by atoms with Gasteiger partial charge in [-0.2, -0.15) is 0 Å². The van der Waals surface area contributed by atoms with E-state index in [1.807, 2.05) is 6.92 Å². The number of carbonyl (C=O) groups is 1. The summed E-state index contributed by atoms with van der Waals surface area (Å²) in [5.41, 5.74) is -0.544. The Labute approximate surface area is 85.2 Å². The van der Waals surface area contributed by atoms with Crippen molar-refractivity contribution in [2.75, 3.05) is 0 Å². The molecular weight excluding hydrogens is 202 g/mol. The number of aliphatic carboxylic acids is 1. The fourth-order valence-electron chi connectivity index (χ4n) is 1.62. The van der Waals surface area contributed by atoms with Gasteiger partial charge in [0.2, 0.25) is 0 Å². The van der Waals surface area contributed by atoms with Gasteiger partial charge in [0.1, 0.15) is 0 Å². The van der Waals surface area contributed by atoms with Crippen LogP contribution in [0.3, 0.4) is 0 Å². The van der Waals surface area contributed by atoms with Crippen molar-refractivity contribution in [3.05, 3.63) is 16.1 Å². The van der Waals surface area contributed by atoms with Gasteiger partial charge in [-0.3, -0.25) is 0 Å². The summed E-state index contributed by atoms with van der Waals surface area (Å²) in [5.74, 6) is -1.14. The molecule has 0 saturated heterocycles. The van der Waals surface area contributed by atoms with E-state index in [-0.39, 0.29) is 0 Å². The van der Waals surface area contributed by atoms with Gasteiger partial charge in [0.15, 0.2) is 6.10 Å². The van der Waals surface area contributed by atoms with E-state index in [0.29, 0.717) is 0 Å². The molecule has 2 rings (SSSR count). The van der Waals surface area contributed by atoms with Crippen molar-refractivity contribution in [2.45, 2.75) is 31.3 Å². The lowest BCUT2D eigenvalue weighted by Gasteiger charge is -2.15. The van der Waals surface area contributed by atoms with Crippen LogP contribution in [0.25, 0.3) is 0 Å². The normalized spacial score (nSPS) is 20.4. The Kier molecular flexibility index (Phi) is 2.08. The van der Waals surface area contributed by atoms with E-state index >= 15 is 0 Å². The van der Waals surface area contributed by atoms with E-state index in [1.165, 1.54) is 11.3 Å². The van der Waals surface area contributed by atoms with Crippen LogP contribution in [0.5, 0.6) is 0 Å². The first kappa shape index (κ1) is 9.61. The van der Waals surface area contributed by atoms with Crippen LogP contribution >= 0.6 is 11.3 Å². The van der Waals surface area contributed by atoms with Crippen LogP contribution < -0.4 is 0 Å². The highest BCUT2D eigenvalue weighted by Crippen LogP contribution is 2.52. The molecule has 0 radical (unpaired) electrons. The Morgan fingerprint density at radius 3 is 2.71 bits per heavy atom. The largest absolute Gasteiger partial charge is 0.479 e. The molecule has 4 nitrogen and oxygen atoms in total. The van der Waals surface area contributed by atoms with Crippen molar-refractivity contribution in [3.63, 3.8) is 0 Å². The second-order valence-electron chi connectivity index (χ2n) is 3.64. The minimum atomic E-state index is -1.29. The molecule has 5 heteroatoms. The summed E-state index contributed by atoms with van der Waals surface area (Å²) < 4.78 is 0. The summed E-state index contributed by atoms with van der Waals surface area (Å²) in [6.07, 6.45) is 1.87. The van der Waals surface area contributed by atoms with Crippen molar-refractivity contribution in [2.24, 2.45) is 0 Å². The van der Waals surface area contributed by atoms with Gasteiger partial charge in [-0.25, -0.2) is 9.78 Å². The molecule has 0 aromatic carbocycles. The quantitative estimate of drug-likeness (QED) is 0.783. The zero-order valence-corrected chi connectivity index (χ0v) is 8.54. The zero-order valence-electron chi connectivity index (χ0n) is 7.73. The smallest absolute Gasteiger partial charge is 0.333 e. The van der Waals surface area contributed by atoms with Crippen molar-refractivity contribution >= 4 is 17.3 Å². The lowest BCUT2D eigenvalue weighted by atomic mass is 9.98. The van der Waals surface area contributed by atoms with Crippen molar-refractivity contribution < 1.29 is 15.0 Å². The molecule has 1 fully saturated rings. The van der Waals surface area contributed by atoms with Crippen molar-refractivity contribution in [1.82, 2.24) is 4.98 Å². The van der Waals surface area contributed by atoms with E-state index in [0.717, 1.165) is 22.7 Å². The van der Waals surface area contributed by atoms with Gasteiger partial charge in [0.25, 0.3) is 0 Å². The van der Waals surface area contributed by atoms with Crippen LogP contribution in [-0.2, 0) is 10.2 Å². The number of nitrogens with zero attached hydrogens (tertiary/aromatic N) is 1. The summed E-state index contributed by atoms with van der Waals surface area (Å²) in [5, 5.41) is 19.2. The van der Waals surface area contributed by atoms with Crippen LogP contribution in [-0.4, -0.2) is 27.3 Å². The maximum Gasteiger partial charge on any atom is 0.333 e. The number of aromatic nitrogens is 1.